The van der Waals surface area contributed by atoms with E-state index in [4.69, 9.17) is 5.11 Å². The maximum atomic E-state index is 11.7. The van der Waals surface area contributed by atoms with Gasteiger partial charge in [-0.25, -0.2) is 9.59 Å². The van der Waals surface area contributed by atoms with Crippen LogP contribution in [0.3, 0.4) is 0 Å². The highest BCUT2D eigenvalue weighted by atomic mass is 32.1. The van der Waals surface area contributed by atoms with Gasteiger partial charge in [0, 0.05) is 11.4 Å². The molecule has 20 heavy (non-hydrogen) atoms. The minimum Gasteiger partial charge on any atom is -0.479 e. The van der Waals surface area contributed by atoms with Crippen LogP contribution in [-0.4, -0.2) is 17.1 Å². The number of urea groups is 1. The fraction of sp³-hybridized carbons (Fsp3) is 0.143. The molecule has 1 atom stereocenters. The molecule has 0 radical (unpaired) electrons. The molecule has 104 valence electrons. The lowest BCUT2D eigenvalue weighted by molar-refractivity contribution is -0.139. The van der Waals surface area contributed by atoms with Crippen LogP contribution in [0.4, 0.5) is 4.79 Å². The number of thiophene rings is 1. The number of carbonyl (C=O) groups excluding carboxylic acids is 1. The molecule has 1 heterocycles. The molecule has 5 nitrogen and oxygen atoms in total. The minimum absolute atomic E-state index is 0.351. The zero-order valence-electron chi connectivity index (χ0n) is 10.6. The van der Waals surface area contributed by atoms with Gasteiger partial charge < -0.3 is 15.7 Å². The average molecular weight is 290 g/mol. The topological polar surface area (TPSA) is 78.4 Å². The molecule has 1 unspecified atom stereocenters. The molecule has 0 bridgehead atoms. The summed E-state index contributed by atoms with van der Waals surface area (Å²) in [7, 11) is 0. The van der Waals surface area contributed by atoms with E-state index in [0.29, 0.717) is 11.4 Å². The van der Waals surface area contributed by atoms with Crippen molar-refractivity contribution in [2.45, 2.75) is 12.6 Å². The molecule has 3 N–H and O–H groups in total. The molecule has 0 saturated heterocycles. The Balaban J connectivity index is 1.91. The van der Waals surface area contributed by atoms with E-state index >= 15 is 0 Å². The van der Waals surface area contributed by atoms with E-state index in [-0.39, 0.29) is 0 Å². The lowest BCUT2D eigenvalue weighted by Gasteiger charge is -2.13. The predicted molar refractivity (Wildman–Crippen MR) is 76.5 cm³/mol. The molecule has 6 heteroatoms. The summed E-state index contributed by atoms with van der Waals surface area (Å²) >= 11 is 1.29. The SMILES string of the molecule is O=C(NCc1ccccc1)NC(C(=O)O)c1cccs1. The summed E-state index contributed by atoms with van der Waals surface area (Å²) in [6.45, 7) is 0.351. The number of carbonyl (C=O) groups is 2. The van der Waals surface area contributed by atoms with E-state index in [1.54, 1.807) is 17.5 Å². The molecule has 2 amide bonds. The molecule has 0 saturated carbocycles. The van der Waals surface area contributed by atoms with Crippen LogP contribution in [-0.2, 0) is 11.3 Å². The second-order valence-corrected chi connectivity index (χ2v) is 5.08. The summed E-state index contributed by atoms with van der Waals surface area (Å²) in [4.78, 5) is 23.5. The third-order valence-corrected chi connectivity index (χ3v) is 3.58. The van der Waals surface area contributed by atoms with Crippen molar-refractivity contribution in [3.8, 4) is 0 Å². The molecular weight excluding hydrogens is 276 g/mol. The van der Waals surface area contributed by atoms with Gasteiger partial charge in [-0.05, 0) is 17.0 Å². The summed E-state index contributed by atoms with van der Waals surface area (Å²) in [5.74, 6) is -1.08. The van der Waals surface area contributed by atoms with Crippen molar-refractivity contribution in [1.29, 1.82) is 0 Å². The molecule has 0 spiro atoms. The monoisotopic (exact) mass is 290 g/mol. The Morgan fingerprint density at radius 3 is 2.50 bits per heavy atom. The first-order valence-electron chi connectivity index (χ1n) is 6.01. The van der Waals surface area contributed by atoms with Gasteiger partial charge in [0.15, 0.2) is 6.04 Å². The van der Waals surface area contributed by atoms with Crippen molar-refractivity contribution in [1.82, 2.24) is 10.6 Å². The van der Waals surface area contributed by atoms with Crippen LogP contribution in [0.1, 0.15) is 16.5 Å². The van der Waals surface area contributed by atoms with Crippen LogP contribution in [0, 0.1) is 0 Å². The number of hydrogen-bond donors (Lipinski definition) is 3. The molecule has 0 fully saturated rings. The van der Waals surface area contributed by atoms with Crippen LogP contribution in [0.5, 0.6) is 0 Å². The third kappa shape index (κ3) is 3.83. The Kier molecular flexibility index (Phi) is 4.73. The smallest absolute Gasteiger partial charge is 0.331 e. The van der Waals surface area contributed by atoms with Crippen LogP contribution in [0.15, 0.2) is 47.8 Å². The maximum Gasteiger partial charge on any atom is 0.331 e. The Morgan fingerprint density at radius 2 is 1.90 bits per heavy atom. The average Bonchev–Trinajstić information content (AvgIpc) is 2.97. The highest BCUT2D eigenvalue weighted by molar-refractivity contribution is 7.10. The first-order valence-corrected chi connectivity index (χ1v) is 6.89. The number of carboxylic acids is 1. The lowest BCUT2D eigenvalue weighted by Crippen LogP contribution is -2.40. The number of carboxylic acid groups (broad SMARTS) is 1. The Hall–Kier alpha value is -2.34. The fourth-order valence-electron chi connectivity index (χ4n) is 1.67. The van der Waals surface area contributed by atoms with Gasteiger partial charge in [-0.3, -0.25) is 0 Å². The summed E-state index contributed by atoms with van der Waals surface area (Å²) in [6.07, 6.45) is 0. The van der Waals surface area contributed by atoms with Gasteiger partial charge >= 0.3 is 12.0 Å². The maximum absolute atomic E-state index is 11.7. The largest absolute Gasteiger partial charge is 0.479 e. The van der Waals surface area contributed by atoms with E-state index in [0.717, 1.165) is 5.56 Å². The molecule has 0 aliphatic heterocycles. The number of amides is 2. The first kappa shape index (κ1) is 14.1. The number of aliphatic carboxylic acids is 1. The van der Waals surface area contributed by atoms with Gasteiger partial charge in [-0.2, -0.15) is 0 Å². The van der Waals surface area contributed by atoms with Crippen molar-refractivity contribution in [2.75, 3.05) is 0 Å². The van der Waals surface area contributed by atoms with E-state index in [2.05, 4.69) is 10.6 Å². The molecule has 0 aliphatic rings. The highest BCUT2D eigenvalue weighted by Crippen LogP contribution is 2.18. The van der Waals surface area contributed by atoms with Gasteiger partial charge in [-0.15, -0.1) is 11.3 Å². The molecule has 2 rings (SSSR count). The van der Waals surface area contributed by atoms with Gasteiger partial charge in [0.05, 0.1) is 0 Å². The summed E-state index contributed by atoms with van der Waals surface area (Å²) < 4.78 is 0. The fourth-order valence-corrected chi connectivity index (χ4v) is 2.44. The van der Waals surface area contributed by atoms with E-state index in [1.165, 1.54) is 11.3 Å². The second kappa shape index (κ2) is 6.72. The Morgan fingerprint density at radius 1 is 1.15 bits per heavy atom. The van der Waals surface area contributed by atoms with Gasteiger partial charge in [0.1, 0.15) is 0 Å². The molecular formula is C14H14N2O3S. The molecule has 0 aliphatic carbocycles. The summed E-state index contributed by atoms with van der Waals surface area (Å²) in [6, 6.07) is 11.3. The normalized spacial score (nSPS) is 11.6. The summed E-state index contributed by atoms with van der Waals surface area (Å²) in [5, 5.41) is 16.0. The van der Waals surface area contributed by atoms with E-state index in [9.17, 15) is 9.59 Å². The van der Waals surface area contributed by atoms with E-state index in [1.807, 2.05) is 30.3 Å². The Bertz CT molecular complexity index is 569. The molecule has 1 aromatic heterocycles. The lowest BCUT2D eigenvalue weighted by atomic mass is 10.2. The molecule has 1 aromatic carbocycles. The zero-order valence-corrected chi connectivity index (χ0v) is 11.4. The minimum atomic E-state index is -1.08. The number of nitrogens with one attached hydrogen (secondary N) is 2. The van der Waals surface area contributed by atoms with Gasteiger partial charge in [-0.1, -0.05) is 36.4 Å². The highest BCUT2D eigenvalue weighted by Gasteiger charge is 2.22. The van der Waals surface area contributed by atoms with Crippen molar-refractivity contribution in [2.24, 2.45) is 0 Å². The number of rotatable bonds is 5. The van der Waals surface area contributed by atoms with Crippen molar-refractivity contribution in [3.63, 3.8) is 0 Å². The first-order chi connectivity index (χ1) is 9.66. The van der Waals surface area contributed by atoms with Crippen molar-refractivity contribution >= 4 is 23.3 Å². The predicted octanol–water partition coefficient (Wildman–Crippen LogP) is 2.37. The standard InChI is InChI=1S/C14H14N2O3S/c17-13(18)12(11-7-4-8-20-11)16-14(19)15-9-10-5-2-1-3-6-10/h1-8,12H,9H2,(H,17,18)(H2,15,16,19). The van der Waals surface area contributed by atoms with Gasteiger partial charge in [0.2, 0.25) is 0 Å². The Labute approximate surface area is 120 Å². The third-order valence-electron chi connectivity index (χ3n) is 2.65. The quantitative estimate of drug-likeness (QED) is 0.791. The number of hydrogen-bond acceptors (Lipinski definition) is 3. The van der Waals surface area contributed by atoms with Crippen molar-refractivity contribution < 1.29 is 14.7 Å². The van der Waals surface area contributed by atoms with Crippen molar-refractivity contribution in [3.05, 3.63) is 58.3 Å². The summed E-state index contributed by atoms with van der Waals surface area (Å²) in [5.41, 5.74) is 0.950. The van der Waals surface area contributed by atoms with Crippen LogP contribution in [0.25, 0.3) is 0 Å². The van der Waals surface area contributed by atoms with E-state index < -0.39 is 18.0 Å². The van der Waals surface area contributed by atoms with Crippen LogP contribution < -0.4 is 10.6 Å². The second-order valence-electron chi connectivity index (χ2n) is 4.10. The van der Waals surface area contributed by atoms with Gasteiger partial charge in [0.25, 0.3) is 0 Å². The zero-order chi connectivity index (χ0) is 14.4. The number of benzene rings is 1. The van der Waals surface area contributed by atoms with Crippen LogP contribution in [0.2, 0.25) is 0 Å². The van der Waals surface area contributed by atoms with Crippen LogP contribution >= 0.6 is 11.3 Å². The molecule has 2 aromatic rings.